The van der Waals surface area contributed by atoms with Crippen LogP contribution in [-0.2, 0) is 6.54 Å². The standard InChI is InChI=1S/C12H15N3OS2/c16-12-11-9(2-4-18-11)14-10(15-12)6-13-5-8-1-3-17-7-8/h2,4,8,13H,1,3,5-7H2,(H,14,15,16). The van der Waals surface area contributed by atoms with E-state index in [1.165, 1.54) is 29.3 Å². The summed E-state index contributed by atoms with van der Waals surface area (Å²) < 4.78 is 0.714. The number of rotatable bonds is 4. The van der Waals surface area contributed by atoms with Gasteiger partial charge in [0.25, 0.3) is 5.56 Å². The highest BCUT2D eigenvalue weighted by Gasteiger charge is 2.14. The SMILES string of the molecule is O=c1[nH]c(CNCC2CCSC2)nc2ccsc12. The molecule has 2 aromatic heterocycles. The van der Waals surface area contributed by atoms with E-state index < -0.39 is 0 Å². The topological polar surface area (TPSA) is 57.8 Å². The number of H-pyrrole nitrogens is 1. The van der Waals surface area contributed by atoms with Crippen molar-refractivity contribution in [1.82, 2.24) is 15.3 Å². The van der Waals surface area contributed by atoms with Gasteiger partial charge in [0.1, 0.15) is 10.5 Å². The molecule has 2 N–H and O–H groups in total. The molecule has 1 aliphatic heterocycles. The summed E-state index contributed by atoms with van der Waals surface area (Å²) in [6.45, 7) is 1.65. The molecule has 0 saturated carbocycles. The molecular weight excluding hydrogens is 266 g/mol. The van der Waals surface area contributed by atoms with Crippen LogP contribution in [0, 0.1) is 5.92 Å². The van der Waals surface area contributed by atoms with Gasteiger partial charge in [-0.2, -0.15) is 11.8 Å². The molecule has 0 aliphatic carbocycles. The number of thiophene rings is 1. The average Bonchev–Trinajstić information content (AvgIpc) is 2.99. The summed E-state index contributed by atoms with van der Waals surface area (Å²) in [5, 5.41) is 5.29. The van der Waals surface area contributed by atoms with Crippen LogP contribution < -0.4 is 10.9 Å². The summed E-state index contributed by atoms with van der Waals surface area (Å²) in [7, 11) is 0. The first-order valence-electron chi connectivity index (χ1n) is 6.08. The lowest BCUT2D eigenvalue weighted by Gasteiger charge is -2.09. The van der Waals surface area contributed by atoms with Gasteiger partial charge in [-0.25, -0.2) is 4.98 Å². The third-order valence-electron chi connectivity index (χ3n) is 3.11. The maximum atomic E-state index is 11.8. The van der Waals surface area contributed by atoms with Gasteiger partial charge in [-0.1, -0.05) is 0 Å². The highest BCUT2D eigenvalue weighted by atomic mass is 32.2. The van der Waals surface area contributed by atoms with E-state index in [2.05, 4.69) is 15.3 Å². The fourth-order valence-electron chi connectivity index (χ4n) is 2.14. The molecule has 0 radical (unpaired) electrons. The van der Waals surface area contributed by atoms with Gasteiger partial charge in [0.2, 0.25) is 0 Å². The molecule has 3 rings (SSSR count). The van der Waals surface area contributed by atoms with Crippen molar-refractivity contribution in [3.05, 3.63) is 27.6 Å². The Hall–Kier alpha value is -0.850. The minimum atomic E-state index is -0.0248. The van der Waals surface area contributed by atoms with Crippen LogP contribution in [0.25, 0.3) is 10.2 Å². The molecule has 18 heavy (non-hydrogen) atoms. The second kappa shape index (κ2) is 5.42. The van der Waals surface area contributed by atoms with E-state index in [1.807, 2.05) is 23.2 Å². The van der Waals surface area contributed by atoms with Gasteiger partial charge in [0, 0.05) is 0 Å². The monoisotopic (exact) mass is 281 g/mol. The van der Waals surface area contributed by atoms with Crippen molar-refractivity contribution in [3.63, 3.8) is 0 Å². The number of hydrogen-bond donors (Lipinski definition) is 2. The zero-order valence-corrected chi connectivity index (χ0v) is 11.6. The zero-order chi connectivity index (χ0) is 12.4. The number of nitrogens with one attached hydrogen (secondary N) is 2. The van der Waals surface area contributed by atoms with Gasteiger partial charge < -0.3 is 10.3 Å². The van der Waals surface area contributed by atoms with Crippen LogP contribution in [0.15, 0.2) is 16.2 Å². The lowest BCUT2D eigenvalue weighted by atomic mass is 10.1. The van der Waals surface area contributed by atoms with Crippen LogP contribution in [0.5, 0.6) is 0 Å². The number of aromatic nitrogens is 2. The summed E-state index contributed by atoms with van der Waals surface area (Å²) >= 11 is 3.46. The smallest absolute Gasteiger partial charge is 0.268 e. The number of thioether (sulfide) groups is 1. The van der Waals surface area contributed by atoms with E-state index in [1.54, 1.807) is 0 Å². The fourth-order valence-corrected chi connectivity index (χ4v) is 4.15. The van der Waals surface area contributed by atoms with Crippen molar-refractivity contribution >= 4 is 33.3 Å². The molecule has 1 fully saturated rings. The molecule has 6 heteroatoms. The number of aromatic amines is 1. The molecule has 0 aromatic carbocycles. The quantitative estimate of drug-likeness (QED) is 0.897. The summed E-state index contributed by atoms with van der Waals surface area (Å²) in [5.74, 6) is 4.03. The van der Waals surface area contributed by atoms with E-state index in [9.17, 15) is 4.79 Å². The third-order valence-corrected chi connectivity index (χ3v) is 5.25. The van der Waals surface area contributed by atoms with Gasteiger partial charge >= 0.3 is 0 Å². The minimum Gasteiger partial charge on any atom is -0.310 e. The molecule has 1 atom stereocenters. The summed E-state index contributed by atoms with van der Waals surface area (Å²) in [6.07, 6.45) is 1.30. The predicted molar refractivity (Wildman–Crippen MR) is 77.4 cm³/mol. The van der Waals surface area contributed by atoms with Gasteiger partial charge in [-0.05, 0) is 41.8 Å². The van der Waals surface area contributed by atoms with E-state index in [-0.39, 0.29) is 5.56 Å². The van der Waals surface area contributed by atoms with Crippen molar-refractivity contribution in [2.75, 3.05) is 18.1 Å². The summed E-state index contributed by atoms with van der Waals surface area (Å²) in [6, 6.07) is 1.90. The first kappa shape index (κ1) is 12.2. The van der Waals surface area contributed by atoms with Gasteiger partial charge in [-0.15, -0.1) is 11.3 Å². The molecule has 0 amide bonds. The highest BCUT2D eigenvalue weighted by molar-refractivity contribution is 7.99. The number of fused-ring (bicyclic) bond motifs is 1. The van der Waals surface area contributed by atoms with Crippen molar-refractivity contribution in [2.24, 2.45) is 5.92 Å². The second-order valence-electron chi connectivity index (χ2n) is 4.51. The van der Waals surface area contributed by atoms with Crippen LogP contribution in [0.1, 0.15) is 12.2 Å². The first-order chi connectivity index (χ1) is 8.83. The lowest BCUT2D eigenvalue weighted by molar-refractivity contribution is 0.516. The van der Waals surface area contributed by atoms with E-state index in [4.69, 9.17) is 0 Å². The minimum absolute atomic E-state index is 0.0248. The molecule has 3 heterocycles. The molecule has 4 nitrogen and oxygen atoms in total. The predicted octanol–water partition coefficient (Wildman–Crippen LogP) is 1.83. The Balaban J connectivity index is 1.65. The van der Waals surface area contributed by atoms with Gasteiger partial charge in [-0.3, -0.25) is 4.79 Å². The number of hydrogen-bond acceptors (Lipinski definition) is 5. The normalized spacial score (nSPS) is 19.7. The molecule has 96 valence electrons. The van der Waals surface area contributed by atoms with Crippen LogP contribution in [0.3, 0.4) is 0 Å². The summed E-state index contributed by atoms with van der Waals surface area (Å²) in [4.78, 5) is 19.0. The van der Waals surface area contributed by atoms with Crippen molar-refractivity contribution in [1.29, 1.82) is 0 Å². The van der Waals surface area contributed by atoms with E-state index in [0.717, 1.165) is 23.8 Å². The Bertz CT molecular complexity index is 586. The Kier molecular flexibility index (Phi) is 3.67. The molecule has 0 spiro atoms. The first-order valence-corrected chi connectivity index (χ1v) is 8.11. The van der Waals surface area contributed by atoms with Gasteiger partial charge in [0.15, 0.2) is 0 Å². The Morgan fingerprint density at radius 1 is 1.56 bits per heavy atom. The average molecular weight is 281 g/mol. The maximum absolute atomic E-state index is 11.8. The van der Waals surface area contributed by atoms with Crippen LogP contribution in [0.2, 0.25) is 0 Å². The largest absolute Gasteiger partial charge is 0.310 e. The lowest BCUT2D eigenvalue weighted by Crippen LogP contribution is -2.24. The van der Waals surface area contributed by atoms with Crippen LogP contribution >= 0.6 is 23.1 Å². The molecule has 1 saturated heterocycles. The van der Waals surface area contributed by atoms with Gasteiger partial charge in [0.05, 0.1) is 12.1 Å². The second-order valence-corrected chi connectivity index (χ2v) is 6.57. The Morgan fingerprint density at radius 2 is 2.50 bits per heavy atom. The van der Waals surface area contributed by atoms with E-state index in [0.29, 0.717) is 11.2 Å². The summed E-state index contributed by atoms with van der Waals surface area (Å²) in [5.41, 5.74) is 0.778. The molecular formula is C12H15N3OS2. The third kappa shape index (κ3) is 2.60. The molecule has 1 aliphatic rings. The van der Waals surface area contributed by atoms with Crippen LogP contribution in [-0.4, -0.2) is 28.0 Å². The maximum Gasteiger partial charge on any atom is 0.268 e. The molecule has 0 bridgehead atoms. The van der Waals surface area contributed by atoms with Crippen molar-refractivity contribution < 1.29 is 0 Å². The number of nitrogens with zero attached hydrogens (tertiary/aromatic N) is 1. The fraction of sp³-hybridized carbons (Fsp3) is 0.500. The van der Waals surface area contributed by atoms with E-state index >= 15 is 0 Å². The molecule has 1 unspecified atom stereocenters. The van der Waals surface area contributed by atoms with Crippen molar-refractivity contribution in [3.8, 4) is 0 Å². The highest BCUT2D eigenvalue weighted by Crippen LogP contribution is 2.22. The zero-order valence-electron chi connectivity index (χ0n) is 9.94. The van der Waals surface area contributed by atoms with Crippen molar-refractivity contribution in [2.45, 2.75) is 13.0 Å². The Labute approximate surface area is 113 Å². The van der Waals surface area contributed by atoms with Crippen LogP contribution in [0.4, 0.5) is 0 Å². The molecule has 2 aromatic rings. The Morgan fingerprint density at radius 3 is 3.33 bits per heavy atom.